The van der Waals surface area contributed by atoms with Crippen LogP contribution in [-0.4, -0.2) is 23.8 Å². The van der Waals surface area contributed by atoms with Crippen molar-refractivity contribution in [1.29, 1.82) is 0 Å². The first-order chi connectivity index (χ1) is 17.1. The quantitative estimate of drug-likeness (QED) is 0.333. The molecule has 4 aromatic carbocycles. The van der Waals surface area contributed by atoms with Gasteiger partial charge in [-0.05, 0) is 46.0 Å². The second-order valence-electron chi connectivity index (χ2n) is 8.24. The van der Waals surface area contributed by atoms with Gasteiger partial charge in [0.1, 0.15) is 19.0 Å². The molecular formula is C29H23NO5. The summed E-state index contributed by atoms with van der Waals surface area (Å²) in [4.78, 5) is 24.2. The smallest absolute Gasteiger partial charge is 0.411 e. The zero-order valence-electron chi connectivity index (χ0n) is 18.8. The lowest BCUT2D eigenvalue weighted by molar-refractivity contribution is 0.0696. The molecule has 1 amide bonds. The highest BCUT2D eigenvalue weighted by Crippen LogP contribution is 2.44. The second kappa shape index (κ2) is 9.73. The Balaban J connectivity index is 1.31. The Morgan fingerprint density at radius 2 is 1.43 bits per heavy atom. The van der Waals surface area contributed by atoms with Crippen LogP contribution in [0.25, 0.3) is 11.1 Å². The van der Waals surface area contributed by atoms with Crippen molar-refractivity contribution in [2.75, 3.05) is 11.9 Å². The number of ether oxygens (including phenoxy) is 2. The fourth-order valence-corrected chi connectivity index (χ4v) is 4.37. The zero-order valence-corrected chi connectivity index (χ0v) is 18.8. The first-order valence-corrected chi connectivity index (χ1v) is 11.3. The van der Waals surface area contributed by atoms with E-state index in [1.807, 2.05) is 66.7 Å². The Hall–Kier alpha value is -4.58. The predicted octanol–water partition coefficient (Wildman–Crippen LogP) is 6.32. The van der Waals surface area contributed by atoms with Gasteiger partial charge in [-0.25, -0.2) is 9.59 Å². The molecule has 0 heterocycles. The molecule has 0 aromatic heterocycles. The van der Waals surface area contributed by atoms with Gasteiger partial charge in [-0.2, -0.15) is 0 Å². The van der Waals surface area contributed by atoms with E-state index in [1.165, 1.54) is 18.2 Å². The molecule has 0 saturated carbocycles. The van der Waals surface area contributed by atoms with Crippen molar-refractivity contribution in [2.24, 2.45) is 0 Å². The fourth-order valence-electron chi connectivity index (χ4n) is 4.37. The van der Waals surface area contributed by atoms with Crippen molar-refractivity contribution in [3.8, 4) is 16.9 Å². The van der Waals surface area contributed by atoms with E-state index in [-0.39, 0.29) is 30.4 Å². The third-order valence-electron chi connectivity index (χ3n) is 6.04. The molecule has 35 heavy (non-hydrogen) atoms. The highest BCUT2D eigenvalue weighted by atomic mass is 16.5. The van der Waals surface area contributed by atoms with Gasteiger partial charge >= 0.3 is 12.1 Å². The number of carboxylic acids is 1. The average molecular weight is 466 g/mol. The summed E-state index contributed by atoms with van der Waals surface area (Å²) in [5.74, 6) is -0.824. The zero-order chi connectivity index (χ0) is 24.2. The molecule has 0 radical (unpaired) electrons. The Labute approximate surface area is 202 Å². The monoisotopic (exact) mass is 465 g/mol. The van der Waals surface area contributed by atoms with Gasteiger partial charge in [0.15, 0.2) is 0 Å². The number of hydrogen-bond donors (Lipinski definition) is 2. The van der Waals surface area contributed by atoms with Crippen LogP contribution in [0, 0.1) is 0 Å². The number of benzene rings is 4. The number of anilines is 1. The summed E-state index contributed by atoms with van der Waals surface area (Å²) in [7, 11) is 0. The predicted molar refractivity (Wildman–Crippen MR) is 133 cm³/mol. The molecule has 6 nitrogen and oxygen atoms in total. The SMILES string of the molecule is O=C(Nc1cc(C(=O)O)ccc1OCc1ccccc1)OCC1c2ccccc2-c2ccccc21. The molecule has 1 aliphatic carbocycles. The molecular weight excluding hydrogens is 442 g/mol. The van der Waals surface area contributed by atoms with Gasteiger partial charge in [-0.3, -0.25) is 5.32 Å². The Bertz CT molecular complexity index is 1340. The van der Waals surface area contributed by atoms with Crippen molar-refractivity contribution < 1.29 is 24.2 Å². The molecule has 4 aromatic rings. The van der Waals surface area contributed by atoms with Gasteiger partial charge < -0.3 is 14.6 Å². The van der Waals surface area contributed by atoms with Crippen LogP contribution < -0.4 is 10.1 Å². The van der Waals surface area contributed by atoms with Crippen LogP contribution in [-0.2, 0) is 11.3 Å². The summed E-state index contributed by atoms with van der Waals surface area (Å²) in [6.07, 6.45) is -0.682. The van der Waals surface area contributed by atoms with E-state index >= 15 is 0 Å². The number of nitrogens with one attached hydrogen (secondary N) is 1. The third-order valence-corrected chi connectivity index (χ3v) is 6.04. The molecule has 5 rings (SSSR count). The maximum atomic E-state index is 12.8. The largest absolute Gasteiger partial charge is 0.487 e. The van der Waals surface area contributed by atoms with Gasteiger partial charge in [-0.15, -0.1) is 0 Å². The van der Waals surface area contributed by atoms with Crippen LogP contribution in [0.5, 0.6) is 5.75 Å². The molecule has 0 unspecified atom stereocenters. The minimum Gasteiger partial charge on any atom is -0.487 e. The van der Waals surface area contributed by atoms with E-state index in [0.29, 0.717) is 5.75 Å². The molecule has 6 heteroatoms. The number of hydrogen-bond acceptors (Lipinski definition) is 4. The lowest BCUT2D eigenvalue weighted by Crippen LogP contribution is -2.18. The minimum atomic E-state index is -1.10. The Morgan fingerprint density at radius 1 is 0.800 bits per heavy atom. The molecule has 0 spiro atoms. The van der Waals surface area contributed by atoms with Crippen molar-refractivity contribution in [3.63, 3.8) is 0 Å². The van der Waals surface area contributed by atoms with Gasteiger partial charge in [0, 0.05) is 5.92 Å². The molecule has 0 bridgehead atoms. The van der Waals surface area contributed by atoms with E-state index in [4.69, 9.17) is 9.47 Å². The van der Waals surface area contributed by atoms with Crippen molar-refractivity contribution in [3.05, 3.63) is 119 Å². The Kier molecular flexibility index (Phi) is 6.18. The van der Waals surface area contributed by atoms with Gasteiger partial charge in [-0.1, -0.05) is 78.9 Å². The highest BCUT2D eigenvalue weighted by molar-refractivity contribution is 5.93. The number of aromatic carboxylic acids is 1. The van der Waals surface area contributed by atoms with Gasteiger partial charge in [0.25, 0.3) is 0 Å². The average Bonchev–Trinajstić information content (AvgIpc) is 3.21. The summed E-state index contributed by atoms with van der Waals surface area (Å²) in [6.45, 7) is 0.422. The molecule has 2 N–H and O–H groups in total. The van der Waals surface area contributed by atoms with E-state index in [1.54, 1.807) is 0 Å². The highest BCUT2D eigenvalue weighted by Gasteiger charge is 2.29. The van der Waals surface area contributed by atoms with Crippen molar-refractivity contribution in [1.82, 2.24) is 0 Å². The van der Waals surface area contributed by atoms with Crippen LogP contribution in [0.2, 0.25) is 0 Å². The number of rotatable bonds is 7. The first-order valence-electron chi connectivity index (χ1n) is 11.3. The van der Waals surface area contributed by atoms with Crippen molar-refractivity contribution >= 4 is 17.7 Å². The summed E-state index contributed by atoms with van der Waals surface area (Å²) >= 11 is 0. The molecule has 0 aliphatic heterocycles. The summed E-state index contributed by atoms with van der Waals surface area (Å²) < 4.78 is 11.5. The normalized spacial score (nSPS) is 11.9. The van der Waals surface area contributed by atoms with Gasteiger partial charge in [0.2, 0.25) is 0 Å². The lowest BCUT2D eigenvalue weighted by atomic mass is 9.98. The van der Waals surface area contributed by atoms with Crippen molar-refractivity contribution in [2.45, 2.75) is 12.5 Å². The topological polar surface area (TPSA) is 84.9 Å². The first kappa shape index (κ1) is 22.2. The van der Waals surface area contributed by atoms with Crippen LogP contribution in [0.1, 0.15) is 33.0 Å². The summed E-state index contributed by atoms with van der Waals surface area (Å²) in [5, 5.41) is 12.1. The molecule has 0 fully saturated rings. The molecule has 174 valence electrons. The number of carboxylic acid groups (broad SMARTS) is 1. The van der Waals surface area contributed by atoms with Gasteiger partial charge in [0.05, 0.1) is 11.3 Å². The number of fused-ring (bicyclic) bond motifs is 3. The standard InChI is InChI=1S/C29H23NO5/c31-28(32)20-14-15-27(34-17-19-8-2-1-3-9-19)26(16-20)30-29(33)35-18-25-23-12-6-4-10-21(23)22-11-5-7-13-24(22)25/h1-16,25H,17-18H2,(H,30,33)(H,31,32). The van der Waals surface area contributed by atoms with E-state index in [2.05, 4.69) is 17.4 Å². The number of carbonyl (C=O) groups is 2. The summed E-state index contributed by atoms with van der Waals surface area (Å²) in [6, 6.07) is 30.1. The Morgan fingerprint density at radius 3 is 2.09 bits per heavy atom. The molecule has 0 saturated heterocycles. The molecule has 0 atom stereocenters. The van der Waals surface area contributed by atoms with E-state index in [9.17, 15) is 14.7 Å². The van der Waals surface area contributed by atoms with Crippen LogP contribution in [0.4, 0.5) is 10.5 Å². The van der Waals surface area contributed by atoms with E-state index < -0.39 is 12.1 Å². The third kappa shape index (κ3) is 4.73. The number of amides is 1. The maximum absolute atomic E-state index is 12.8. The van der Waals surface area contributed by atoms with Crippen LogP contribution in [0.3, 0.4) is 0 Å². The fraction of sp³-hybridized carbons (Fsp3) is 0.103. The minimum absolute atomic E-state index is 0.0333. The second-order valence-corrected chi connectivity index (χ2v) is 8.24. The number of carbonyl (C=O) groups excluding carboxylic acids is 1. The van der Waals surface area contributed by atoms with E-state index in [0.717, 1.165) is 27.8 Å². The lowest BCUT2D eigenvalue weighted by Gasteiger charge is -2.16. The van der Waals surface area contributed by atoms with Crippen LogP contribution >= 0.6 is 0 Å². The van der Waals surface area contributed by atoms with Crippen LogP contribution in [0.15, 0.2) is 97.1 Å². The maximum Gasteiger partial charge on any atom is 0.411 e. The molecule has 1 aliphatic rings. The summed E-state index contributed by atoms with van der Waals surface area (Å²) in [5.41, 5.74) is 5.72.